The molecule has 0 unspecified atom stereocenters. The molecule has 1 aliphatic heterocycles. The molecule has 11 heteroatoms. The number of amides is 3. The van der Waals surface area contributed by atoms with Gasteiger partial charge in [0.2, 0.25) is 0 Å². The lowest BCUT2D eigenvalue weighted by atomic mass is 10.0. The number of rotatable bonds is 5. The summed E-state index contributed by atoms with van der Waals surface area (Å²) in [6, 6.07) is 14.2. The average molecular weight is 501 g/mol. The Morgan fingerprint density at radius 3 is 2.20 bits per heavy atom. The molecule has 0 atom stereocenters. The number of anilines is 1. The summed E-state index contributed by atoms with van der Waals surface area (Å²) in [6.07, 6.45) is 4.20. The monoisotopic (exact) mass is 501 g/mol. The van der Waals surface area contributed by atoms with Crippen LogP contribution in [0.5, 0.6) is 0 Å². The molecule has 7 nitrogen and oxygen atoms in total. The predicted octanol–water partition coefficient (Wildman–Crippen LogP) is 4.54. The van der Waals surface area contributed by atoms with Crippen LogP contribution in [0.25, 0.3) is 11.1 Å². The third kappa shape index (κ3) is 3.66. The van der Waals surface area contributed by atoms with Gasteiger partial charge >= 0.3 is 11.5 Å². The SMILES string of the molecule is O=C1N(c2ccc(S(=O)(=O)C(F)(F)F)cc2)C(=O)C2(CC2)N1Cc1ccncc1-c1ccccc1. The highest BCUT2D eigenvalue weighted by Crippen LogP contribution is 2.50. The Kier molecular flexibility index (Phi) is 5.20. The first-order valence-corrected chi connectivity index (χ1v) is 12.1. The zero-order chi connectivity index (χ0) is 25.0. The number of pyridine rings is 1. The van der Waals surface area contributed by atoms with E-state index in [1.807, 2.05) is 30.3 Å². The molecule has 1 aromatic heterocycles. The maximum absolute atomic E-state index is 13.4. The maximum atomic E-state index is 13.4. The Balaban J connectivity index is 1.46. The average Bonchev–Trinajstić information content (AvgIpc) is 3.61. The Morgan fingerprint density at radius 1 is 0.943 bits per heavy atom. The predicted molar refractivity (Wildman–Crippen MR) is 120 cm³/mol. The van der Waals surface area contributed by atoms with Crippen LogP contribution in [0.1, 0.15) is 18.4 Å². The second-order valence-electron chi connectivity index (χ2n) is 8.38. The van der Waals surface area contributed by atoms with E-state index in [1.165, 1.54) is 4.90 Å². The van der Waals surface area contributed by atoms with E-state index in [-0.39, 0.29) is 12.2 Å². The van der Waals surface area contributed by atoms with E-state index in [2.05, 4.69) is 4.98 Å². The molecule has 1 spiro atoms. The summed E-state index contributed by atoms with van der Waals surface area (Å²) in [7, 11) is -5.54. The molecule has 2 fully saturated rings. The number of hydrogen-bond donors (Lipinski definition) is 0. The van der Waals surface area contributed by atoms with E-state index in [0.29, 0.717) is 12.8 Å². The normalized spacial score (nSPS) is 17.3. The Morgan fingerprint density at radius 2 is 1.60 bits per heavy atom. The van der Waals surface area contributed by atoms with Gasteiger partial charge in [0.05, 0.1) is 10.6 Å². The molecule has 1 aliphatic carbocycles. The smallest absolute Gasteiger partial charge is 0.305 e. The van der Waals surface area contributed by atoms with Gasteiger partial charge in [-0.15, -0.1) is 0 Å². The van der Waals surface area contributed by atoms with Crippen LogP contribution in [-0.4, -0.2) is 41.3 Å². The van der Waals surface area contributed by atoms with Gasteiger partial charge in [0.1, 0.15) is 5.54 Å². The second-order valence-corrected chi connectivity index (χ2v) is 10.3. The molecule has 0 bridgehead atoms. The van der Waals surface area contributed by atoms with Crippen LogP contribution in [0, 0.1) is 0 Å². The van der Waals surface area contributed by atoms with Crippen molar-refractivity contribution in [3.8, 4) is 11.1 Å². The Labute approximate surface area is 198 Å². The molecule has 180 valence electrons. The van der Waals surface area contributed by atoms with Crippen molar-refractivity contribution in [3.63, 3.8) is 0 Å². The van der Waals surface area contributed by atoms with E-state index in [0.717, 1.165) is 45.9 Å². The van der Waals surface area contributed by atoms with Crippen molar-refractivity contribution >= 4 is 27.5 Å². The molecule has 35 heavy (non-hydrogen) atoms. The number of sulfone groups is 1. The quantitative estimate of drug-likeness (QED) is 0.479. The summed E-state index contributed by atoms with van der Waals surface area (Å²) in [6.45, 7) is 0.133. The van der Waals surface area contributed by atoms with E-state index in [4.69, 9.17) is 0 Å². The summed E-state index contributed by atoms with van der Waals surface area (Å²) in [5, 5.41) is 0. The van der Waals surface area contributed by atoms with Crippen LogP contribution in [0.15, 0.2) is 78.0 Å². The fourth-order valence-corrected chi connectivity index (χ4v) is 5.04. The molecule has 3 aromatic rings. The van der Waals surface area contributed by atoms with Crippen molar-refractivity contribution in [2.75, 3.05) is 4.90 Å². The van der Waals surface area contributed by atoms with E-state index in [9.17, 15) is 31.2 Å². The van der Waals surface area contributed by atoms with Gasteiger partial charge in [-0.1, -0.05) is 30.3 Å². The summed E-state index contributed by atoms with van der Waals surface area (Å²) < 4.78 is 61.8. The number of imide groups is 1. The first-order valence-electron chi connectivity index (χ1n) is 10.6. The molecule has 1 saturated carbocycles. The van der Waals surface area contributed by atoms with E-state index < -0.39 is 37.7 Å². The van der Waals surface area contributed by atoms with Crippen LogP contribution in [-0.2, 0) is 21.2 Å². The highest BCUT2D eigenvalue weighted by atomic mass is 32.2. The largest absolute Gasteiger partial charge is 0.501 e. The number of alkyl halides is 3. The number of benzene rings is 2. The highest BCUT2D eigenvalue weighted by molar-refractivity contribution is 7.92. The first-order chi connectivity index (χ1) is 16.6. The number of aromatic nitrogens is 1. The lowest BCUT2D eigenvalue weighted by Crippen LogP contribution is -2.36. The molecule has 0 N–H and O–H groups in total. The lowest BCUT2D eigenvalue weighted by molar-refractivity contribution is -0.120. The number of halogens is 3. The summed E-state index contributed by atoms with van der Waals surface area (Å²) >= 11 is 0. The van der Waals surface area contributed by atoms with Gasteiger partial charge in [-0.05, 0) is 54.3 Å². The molecule has 0 radical (unpaired) electrons. The van der Waals surface area contributed by atoms with Crippen molar-refractivity contribution in [2.45, 2.75) is 35.3 Å². The molecule has 2 heterocycles. The molecule has 2 aromatic carbocycles. The Bertz CT molecular complexity index is 1420. The lowest BCUT2D eigenvalue weighted by Gasteiger charge is -2.22. The van der Waals surface area contributed by atoms with Crippen LogP contribution >= 0.6 is 0 Å². The van der Waals surface area contributed by atoms with E-state index in [1.54, 1.807) is 18.5 Å². The van der Waals surface area contributed by atoms with Gasteiger partial charge in [0, 0.05) is 24.5 Å². The third-order valence-corrected chi connectivity index (χ3v) is 7.80. The maximum Gasteiger partial charge on any atom is 0.501 e. The highest BCUT2D eigenvalue weighted by Gasteiger charge is 2.65. The van der Waals surface area contributed by atoms with Gasteiger partial charge in [-0.3, -0.25) is 9.78 Å². The number of hydrogen-bond acceptors (Lipinski definition) is 5. The van der Waals surface area contributed by atoms with Crippen molar-refractivity contribution < 1.29 is 31.2 Å². The first kappa shape index (κ1) is 23.0. The Hall–Kier alpha value is -3.73. The van der Waals surface area contributed by atoms with Crippen molar-refractivity contribution in [3.05, 3.63) is 78.6 Å². The molecular weight excluding hydrogens is 483 g/mol. The van der Waals surface area contributed by atoms with Gasteiger partial charge in [-0.2, -0.15) is 13.2 Å². The third-order valence-electron chi connectivity index (χ3n) is 6.30. The molecule has 1 saturated heterocycles. The second kappa shape index (κ2) is 7.91. The van der Waals surface area contributed by atoms with Crippen molar-refractivity contribution in [2.24, 2.45) is 0 Å². The molecule has 2 aliphatic rings. The molecule has 3 amide bonds. The topological polar surface area (TPSA) is 87.7 Å². The minimum atomic E-state index is -5.54. The zero-order valence-corrected chi connectivity index (χ0v) is 18.9. The molecular formula is C24H18F3N3O4S. The molecule has 5 rings (SSSR count). The van der Waals surface area contributed by atoms with Crippen LogP contribution in [0.3, 0.4) is 0 Å². The van der Waals surface area contributed by atoms with Gasteiger partial charge < -0.3 is 4.90 Å². The van der Waals surface area contributed by atoms with E-state index >= 15 is 0 Å². The van der Waals surface area contributed by atoms with Crippen LogP contribution in [0.4, 0.5) is 23.7 Å². The number of carbonyl (C=O) groups excluding carboxylic acids is 2. The zero-order valence-electron chi connectivity index (χ0n) is 18.1. The van der Waals surface area contributed by atoms with Crippen LogP contribution in [0.2, 0.25) is 0 Å². The minimum absolute atomic E-state index is 0.00732. The summed E-state index contributed by atoms with van der Waals surface area (Å²) in [4.78, 5) is 32.2. The fourth-order valence-electron chi connectivity index (χ4n) is 4.28. The summed E-state index contributed by atoms with van der Waals surface area (Å²) in [5.41, 5.74) is -3.98. The van der Waals surface area contributed by atoms with Crippen molar-refractivity contribution in [1.29, 1.82) is 0 Å². The van der Waals surface area contributed by atoms with Crippen molar-refractivity contribution in [1.82, 2.24) is 9.88 Å². The number of carbonyl (C=O) groups is 2. The van der Waals surface area contributed by atoms with Gasteiger partial charge in [0.15, 0.2) is 0 Å². The van der Waals surface area contributed by atoms with Crippen LogP contribution < -0.4 is 4.90 Å². The van der Waals surface area contributed by atoms with Gasteiger partial charge in [0.25, 0.3) is 15.7 Å². The number of nitrogens with zero attached hydrogens (tertiary/aromatic N) is 3. The minimum Gasteiger partial charge on any atom is -0.305 e. The number of urea groups is 1. The summed E-state index contributed by atoms with van der Waals surface area (Å²) in [5.74, 6) is -0.482. The standard InChI is InChI=1S/C24H18F3N3O4S/c25-24(26,27)35(33,34)19-8-6-18(7-9-19)30-21(31)23(11-12-23)29(22(30)32)15-17-10-13-28-14-20(17)16-4-2-1-3-5-16/h1-10,13-14H,11-12,15H2. The fraction of sp³-hybridized carbons (Fsp3) is 0.208. The van der Waals surface area contributed by atoms with Gasteiger partial charge in [-0.25, -0.2) is 18.1 Å².